The average Bonchev–Trinajstić information content (AvgIpc) is 3.42. The van der Waals surface area contributed by atoms with Crippen LogP contribution in [0.15, 0.2) is 97.2 Å². The maximum atomic E-state index is 12.7. The molecule has 77 heavy (non-hydrogen) atoms. The van der Waals surface area contributed by atoms with Crippen LogP contribution in [0.4, 0.5) is 0 Å². The van der Waals surface area contributed by atoms with Crippen LogP contribution in [0.5, 0.6) is 0 Å². The Morgan fingerprint density at radius 3 is 1.06 bits per heavy atom. The second kappa shape index (κ2) is 62.1. The highest BCUT2D eigenvalue weighted by Crippen LogP contribution is 2.43. The molecule has 0 aromatic heterocycles. The van der Waals surface area contributed by atoms with Gasteiger partial charge >= 0.3 is 19.8 Å². The van der Waals surface area contributed by atoms with Crippen LogP contribution >= 0.6 is 7.82 Å². The first-order chi connectivity index (χ1) is 37.8. The van der Waals surface area contributed by atoms with E-state index in [0.717, 1.165) is 89.9 Å². The fourth-order valence-electron chi connectivity index (χ4n) is 8.79. The SMILES string of the molecule is CC/C=C\C/C=C\C/C=C\C/C=C\C/C=C\C/C=C\CCCCCCCCCCCCCCCCCCC(=O)OC(COC(=O)CCCCCCCCCCC/C=C\C/C=C\CCCCCCC)COP(=O)(O)OCCN. The molecule has 0 aliphatic heterocycles. The summed E-state index contributed by atoms with van der Waals surface area (Å²) >= 11 is 0. The van der Waals surface area contributed by atoms with Crippen molar-refractivity contribution >= 4 is 19.8 Å². The number of hydrogen-bond acceptors (Lipinski definition) is 8. The van der Waals surface area contributed by atoms with E-state index in [0.29, 0.717) is 6.42 Å². The van der Waals surface area contributed by atoms with Crippen molar-refractivity contribution in [3.63, 3.8) is 0 Å². The van der Waals surface area contributed by atoms with E-state index in [1.54, 1.807) is 0 Å². The van der Waals surface area contributed by atoms with Crippen LogP contribution in [0.25, 0.3) is 0 Å². The van der Waals surface area contributed by atoms with Crippen molar-refractivity contribution < 1.29 is 37.6 Å². The Morgan fingerprint density at radius 2 is 0.714 bits per heavy atom. The number of hydrogen-bond donors (Lipinski definition) is 2. The lowest BCUT2D eigenvalue weighted by Crippen LogP contribution is -2.29. The summed E-state index contributed by atoms with van der Waals surface area (Å²) in [4.78, 5) is 35.3. The van der Waals surface area contributed by atoms with Crippen molar-refractivity contribution in [3.8, 4) is 0 Å². The van der Waals surface area contributed by atoms with Crippen LogP contribution in [-0.4, -0.2) is 49.3 Å². The zero-order valence-corrected chi connectivity index (χ0v) is 50.6. The highest BCUT2D eigenvalue weighted by Gasteiger charge is 2.26. The Balaban J connectivity index is 3.91. The summed E-state index contributed by atoms with van der Waals surface area (Å²) < 4.78 is 33.1. The zero-order chi connectivity index (χ0) is 55.9. The molecule has 0 saturated carbocycles. The summed E-state index contributed by atoms with van der Waals surface area (Å²) in [7, 11) is -4.39. The standard InChI is InChI=1S/C67H118NO8P/c1-3-5-7-9-11-13-15-17-19-21-23-25-26-27-28-29-30-31-32-33-34-35-36-37-38-40-42-44-46-48-50-52-54-56-58-60-67(70)76-65(64-75-77(71,72)74-62-61-68)63-73-66(69)59-57-55-53-51-49-47-45-43-41-39-24-22-20-18-16-14-12-10-8-6-4-2/h5,7,11,13,16-19,22-25,27-28,30-31,65H,3-4,6,8-10,12,14-15,20-21,26,29,32-64,68H2,1-2H3,(H,71,72)/b7-5-,13-11-,18-16-,19-17-,24-22-,25-23-,28-27-,31-30-. The Bertz CT molecular complexity index is 1580. The van der Waals surface area contributed by atoms with Gasteiger partial charge in [-0.25, -0.2) is 4.57 Å². The summed E-state index contributed by atoms with van der Waals surface area (Å²) in [5.41, 5.74) is 5.39. The third-order valence-electron chi connectivity index (χ3n) is 13.5. The number of nitrogens with two attached hydrogens (primary N) is 1. The van der Waals surface area contributed by atoms with E-state index in [4.69, 9.17) is 24.3 Å². The third-order valence-corrected chi connectivity index (χ3v) is 14.4. The minimum Gasteiger partial charge on any atom is -0.462 e. The molecule has 0 aliphatic carbocycles. The van der Waals surface area contributed by atoms with E-state index in [1.807, 2.05) is 0 Å². The molecule has 0 heterocycles. The van der Waals surface area contributed by atoms with Gasteiger partial charge in [0.25, 0.3) is 0 Å². The smallest absolute Gasteiger partial charge is 0.462 e. The first-order valence-electron chi connectivity index (χ1n) is 31.7. The summed E-state index contributed by atoms with van der Waals surface area (Å²) in [6, 6.07) is 0. The molecule has 0 aliphatic rings. The topological polar surface area (TPSA) is 134 Å². The van der Waals surface area contributed by atoms with Crippen LogP contribution in [0.3, 0.4) is 0 Å². The number of rotatable bonds is 59. The summed E-state index contributed by atoms with van der Waals surface area (Å²) in [6.07, 6.45) is 83.3. The highest BCUT2D eigenvalue weighted by atomic mass is 31.2. The molecule has 0 aromatic carbocycles. The fraction of sp³-hybridized carbons (Fsp3) is 0.731. The van der Waals surface area contributed by atoms with Crippen LogP contribution in [-0.2, 0) is 32.7 Å². The Morgan fingerprint density at radius 1 is 0.403 bits per heavy atom. The molecule has 9 nitrogen and oxygen atoms in total. The molecule has 444 valence electrons. The molecule has 10 heteroatoms. The predicted molar refractivity (Wildman–Crippen MR) is 330 cm³/mol. The van der Waals surface area contributed by atoms with Gasteiger partial charge in [0.05, 0.1) is 13.2 Å². The quantitative estimate of drug-likeness (QED) is 0.0264. The maximum Gasteiger partial charge on any atom is 0.472 e. The molecular formula is C67H118NO8P. The van der Waals surface area contributed by atoms with Crippen molar-refractivity contribution in [2.75, 3.05) is 26.4 Å². The zero-order valence-electron chi connectivity index (χ0n) is 49.7. The first-order valence-corrected chi connectivity index (χ1v) is 33.2. The van der Waals surface area contributed by atoms with Gasteiger partial charge in [0, 0.05) is 19.4 Å². The largest absolute Gasteiger partial charge is 0.472 e. The van der Waals surface area contributed by atoms with Crippen LogP contribution in [0, 0.1) is 0 Å². The monoisotopic (exact) mass is 1100 g/mol. The van der Waals surface area contributed by atoms with Gasteiger partial charge in [-0.15, -0.1) is 0 Å². The lowest BCUT2D eigenvalue weighted by Gasteiger charge is -2.19. The van der Waals surface area contributed by atoms with E-state index in [2.05, 4.69) is 111 Å². The van der Waals surface area contributed by atoms with Crippen molar-refractivity contribution in [1.82, 2.24) is 0 Å². The van der Waals surface area contributed by atoms with E-state index in [-0.39, 0.29) is 38.6 Å². The van der Waals surface area contributed by atoms with Gasteiger partial charge in [-0.1, -0.05) is 272 Å². The summed E-state index contributed by atoms with van der Waals surface area (Å²) in [5.74, 6) is -0.827. The summed E-state index contributed by atoms with van der Waals surface area (Å²) in [6.45, 7) is 3.64. The minimum atomic E-state index is -4.39. The molecule has 2 unspecified atom stereocenters. The van der Waals surface area contributed by atoms with Gasteiger partial charge < -0.3 is 20.1 Å². The Kier molecular flexibility index (Phi) is 59.7. The molecule has 3 N–H and O–H groups in total. The van der Waals surface area contributed by atoms with Gasteiger partial charge in [0.1, 0.15) is 6.61 Å². The highest BCUT2D eigenvalue weighted by molar-refractivity contribution is 7.47. The normalized spacial score (nSPS) is 13.7. The Hall–Kier alpha value is -3.07. The van der Waals surface area contributed by atoms with E-state index < -0.39 is 26.5 Å². The van der Waals surface area contributed by atoms with Crippen molar-refractivity contribution in [1.29, 1.82) is 0 Å². The molecule has 0 amide bonds. The second-order valence-corrected chi connectivity index (χ2v) is 22.3. The van der Waals surface area contributed by atoms with E-state index >= 15 is 0 Å². The molecule has 0 spiro atoms. The van der Waals surface area contributed by atoms with Gasteiger partial charge in [0.15, 0.2) is 6.10 Å². The van der Waals surface area contributed by atoms with Gasteiger partial charge in [0.2, 0.25) is 0 Å². The maximum absolute atomic E-state index is 12.7. The van der Waals surface area contributed by atoms with Crippen molar-refractivity contribution in [3.05, 3.63) is 97.2 Å². The van der Waals surface area contributed by atoms with Gasteiger partial charge in [-0.05, 0) is 96.3 Å². The van der Waals surface area contributed by atoms with E-state index in [1.165, 1.54) is 161 Å². The lowest BCUT2D eigenvalue weighted by molar-refractivity contribution is -0.161. The Labute approximate surface area is 474 Å². The number of ether oxygens (including phenoxy) is 2. The fourth-order valence-corrected chi connectivity index (χ4v) is 9.55. The van der Waals surface area contributed by atoms with Crippen molar-refractivity contribution in [2.45, 2.75) is 290 Å². The molecule has 0 rings (SSSR count). The number of phosphoric acid groups is 1. The molecule has 0 aromatic rings. The number of esters is 2. The third kappa shape index (κ3) is 62.0. The molecule has 2 atom stereocenters. The molecular weight excluding hydrogens is 978 g/mol. The van der Waals surface area contributed by atoms with Crippen LogP contribution in [0.1, 0.15) is 284 Å². The summed E-state index contributed by atoms with van der Waals surface area (Å²) in [5, 5.41) is 0. The predicted octanol–water partition coefficient (Wildman–Crippen LogP) is 20.4. The number of unbranched alkanes of at least 4 members (excludes halogenated alkanes) is 30. The van der Waals surface area contributed by atoms with E-state index in [9.17, 15) is 19.0 Å². The molecule has 0 radical (unpaired) electrons. The minimum absolute atomic E-state index is 0.0503. The number of carbonyl (C=O) groups is 2. The van der Waals surface area contributed by atoms with Crippen LogP contribution < -0.4 is 5.73 Å². The van der Waals surface area contributed by atoms with Crippen LogP contribution in [0.2, 0.25) is 0 Å². The molecule has 0 bridgehead atoms. The second-order valence-electron chi connectivity index (χ2n) is 20.9. The lowest BCUT2D eigenvalue weighted by atomic mass is 10.0. The molecule has 0 fully saturated rings. The van der Waals surface area contributed by atoms with Gasteiger partial charge in [-0.3, -0.25) is 18.6 Å². The average molecular weight is 1100 g/mol. The van der Waals surface area contributed by atoms with Gasteiger partial charge in [-0.2, -0.15) is 0 Å². The molecule has 0 saturated heterocycles. The number of carbonyl (C=O) groups excluding carboxylic acids is 2. The number of phosphoric ester groups is 1. The number of allylic oxidation sites excluding steroid dienone is 16. The van der Waals surface area contributed by atoms with Crippen molar-refractivity contribution in [2.24, 2.45) is 5.73 Å². The first kappa shape index (κ1) is 73.9.